The molecule has 7 heteroatoms. The lowest BCUT2D eigenvalue weighted by atomic mass is 10.3. The van der Waals surface area contributed by atoms with E-state index in [1.807, 2.05) is 0 Å². The van der Waals surface area contributed by atoms with Gasteiger partial charge in [0, 0.05) is 12.3 Å². The Balaban J connectivity index is 1.91. The fourth-order valence-corrected chi connectivity index (χ4v) is 1.47. The molecule has 2 aromatic rings. The van der Waals surface area contributed by atoms with Crippen molar-refractivity contribution in [2.24, 2.45) is 0 Å². The molecule has 0 radical (unpaired) electrons. The minimum atomic E-state index is -0.791. The maximum atomic E-state index is 13.3. The normalized spacial score (nSPS) is 10.0. The third-order valence-corrected chi connectivity index (χ3v) is 2.41. The van der Waals surface area contributed by atoms with E-state index in [9.17, 15) is 18.4 Å². The molecule has 1 amide bonds. The summed E-state index contributed by atoms with van der Waals surface area (Å²) in [6, 6.07) is 7.26. The Morgan fingerprint density at radius 2 is 2.00 bits per heavy atom. The molecule has 1 aromatic carbocycles. The maximum absolute atomic E-state index is 13.3. The van der Waals surface area contributed by atoms with Crippen molar-refractivity contribution in [1.82, 2.24) is 4.98 Å². The van der Waals surface area contributed by atoms with Gasteiger partial charge >= 0.3 is 5.97 Å². The summed E-state index contributed by atoms with van der Waals surface area (Å²) in [5.74, 6) is -3.06. The average molecular weight is 292 g/mol. The second-order valence-corrected chi connectivity index (χ2v) is 3.96. The van der Waals surface area contributed by atoms with Crippen molar-refractivity contribution in [3.8, 4) is 0 Å². The largest absolute Gasteiger partial charge is 0.451 e. The SMILES string of the molecule is O=C(COC(=O)c1ccccn1)Nc1cc(F)ccc1F. The highest BCUT2D eigenvalue weighted by atomic mass is 19.1. The summed E-state index contributed by atoms with van der Waals surface area (Å²) in [6.07, 6.45) is 1.40. The van der Waals surface area contributed by atoms with Crippen molar-refractivity contribution in [3.63, 3.8) is 0 Å². The van der Waals surface area contributed by atoms with Gasteiger partial charge in [-0.1, -0.05) is 6.07 Å². The Bertz CT molecular complexity index is 663. The first-order chi connectivity index (χ1) is 10.1. The molecular weight excluding hydrogens is 282 g/mol. The molecule has 0 fully saturated rings. The highest BCUT2D eigenvalue weighted by molar-refractivity contribution is 5.94. The molecule has 0 bridgehead atoms. The monoisotopic (exact) mass is 292 g/mol. The number of pyridine rings is 1. The minimum absolute atomic E-state index is 0.0437. The zero-order chi connectivity index (χ0) is 15.2. The quantitative estimate of drug-likeness (QED) is 0.877. The summed E-state index contributed by atoms with van der Waals surface area (Å²) in [4.78, 5) is 26.8. The van der Waals surface area contributed by atoms with Crippen LogP contribution in [0.3, 0.4) is 0 Å². The third kappa shape index (κ3) is 4.07. The number of esters is 1. The van der Waals surface area contributed by atoms with Crippen LogP contribution in [-0.4, -0.2) is 23.5 Å². The third-order valence-electron chi connectivity index (χ3n) is 2.41. The summed E-state index contributed by atoms with van der Waals surface area (Å²) >= 11 is 0. The van der Waals surface area contributed by atoms with Gasteiger partial charge in [-0.15, -0.1) is 0 Å². The van der Waals surface area contributed by atoms with Crippen molar-refractivity contribution < 1.29 is 23.1 Å². The molecule has 2 rings (SSSR count). The van der Waals surface area contributed by atoms with Crippen LogP contribution in [0.25, 0.3) is 0 Å². The number of amides is 1. The summed E-state index contributed by atoms with van der Waals surface area (Å²) in [7, 11) is 0. The fraction of sp³-hybridized carbons (Fsp3) is 0.0714. The van der Waals surface area contributed by atoms with Gasteiger partial charge in [0.15, 0.2) is 6.61 Å². The highest BCUT2D eigenvalue weighted by Crippen LogP contribution is 2.15. The number of ether oxygens (including phenoxy) is 1. The molecule has 0 saturated carbocycles. The summed E-state index contributed by atoms with van der Waals surface area (Å²) < 4.78 is 30.9. The van der Waals surface area contributed by atoms with Crippen molar-refractivity contribution in [2.45, 2.75) is 0 Å². The topological polar surface area (TPSA) is 68.3 Å². The van der Waals surface area contributed by atoms with Crippen LogP contribution in [0.4, 0.5) is 14.5 Å². The van der Waals surface area contributed by atoms with Crippen LogP contribution in [0.1, 0.15) is 10.5 Å². The van der Waals surface area contributed by atoms with Crippen molar-refractivity contribution in [3.05, 3.63) is 59.9 Å². The van der Waals surface area contributed by atoms with E-state index in [1.165, 1.54) is 12.3 Å². The maximum Gasteiger partial charge on any atom is 0.357 e. The number of aromatic nitrogens is 1. The smallest absolute Gasteiger partial charge is 0.357 e. The number of benzene rings is 1. The number of nitrogens with zero attached hydrogens (tertiary/aromatic N) is 1. The van der Waals surface area contributed by atoms with Crippen LogP contribution in [0.2, 0.25) is 0 Å². The van der Waals surface area contributed by atoms with E-state index in [4.69, 9.17) is 4.74 Å². The molecule has 0 aliphatic carbocycles. The van der Waals surface area contributed by atoms with Crippen LogP contribution in [0.5, 0.6) is 0 Å². The zero-order valence-electron chi connectivity index (χ0n) is 10.7. The lowest BCUT2D eigenvalue weighted by Crippen LogP contribution is -2.21. The Kier molecular flexibility index (Phi) is 4.55. The number of carbonyl (C=O) groups is 2. The fourth-order valence-electron chi connectivity index (χ4n) is 1.47. The second kappa shape index (κ2) is 6.56. The van der Waals surface area contributed by atoms with E-state index in [1.54, 1.807) is 12.1 Å². The number of carbonyl (C=O) groups excluding carboxylic acids is 2. The Hall–Kier alpha value is -2.83. The van der Waals surface area contributed by atoms with Gasteiger partial charge in [0.05, 0.1) is 5.69 Å². The first kappa shape index (κ1) is 14.6. The van der Waals surface area contributed by atoms with Crippen molar-refractivity contribution in [2.75, 3.05) is 11.9 Å². The molecule has 0 spiro atoms. The lowest BCUT2D eigenvalue weighted by molar-refractivity contribution is -0.119. The van der Waals surface area contributed by atoms with Crippen LogP contribution in [-0.2, 0) is 9.53 Å². The molecule has 0 aliphatic rings. The van der Waals surface area contributed by atoms with Gasteiger partial charge in [-0.2, -0.15) is 0 Å². The first-order valence-corrected chi connectivity index (χ1v) is 5.89. The number of hydrogen-bond donors (Lipinski definition) is 1. The number of rotatable bonds is 4. The van der Waals surface area contributed by atoms with Gasteiger partial charge in [0.2, 0.25) is 0 Å². The summed E-state index contributed by atoms with van der Waals surface area (Å²) in [6.45, 7) is -0.634. The van der Waals surface area contributed by atoms with E-state index < -0.39 is 30.1 Å². The molecule has 21 heavy (non-hydrogen) atoms. The minimum Gasteiger partial charge on any atom is -0.451 e. The van der Waals surface area contributed by atoms with Gasteiger partial charge in [-0.3, -0.25) is 4.79 Å². The first-order valence-electron chi connectivity index (χ1n) is 5.89. The van der Waals surface area contributed by atoms with E-state index in [0.717, 1.165) is 18.2 Å². The molecule has 108 valence electrons. The van der Waals surface area contributed by atoms with Crippen molar-refractivity contribution >= 4 is 17.6 Å². The van der Waals surface area contributed by atoms with Crippen LogP contribution < -0.4 is 5.32 Å². The van der Waals surface area contributed by atoms with Crippen LogP contribution in [0.15, 0.2) is 42.6 Å². The molecule has 1 heterocycles. The standard InChI is InChI=1S/C14H10F2N2O3/c15-9-4-5-10(16)12(7-9)18-13(19)8-21-14(20)11-3-1-2-6-17-11/h1-7H,8H2,(H,18,19). The predicted octanol–water partition coefficient (Wildman–Crippen LogP) is 2.16. The Labute approximate surface area is 118 Å². The lowest BCUT2D eigenvalue weighted by Gasteiger charge is -2.07. The van der Waals surface area contributed by atoms with Gasteiger partial charge in [-0.25, -0.2) is 18.6 Å². The number of hydrogen-bond acceptors (Lipinski definition) is 4. The van der Waals surface area contributed by atoms with Gasteiger partial charge in [0.25, 0.3) is 5.91 Å². The van der Waals surface area contributed by atoms with E-state index >= 15 is 0 Å². The number of anilines is 1. The molecular formula is C14H10F2N2O3. The molecule has 1 aromatic heterocycles. The Morgan fingerprint density at radius 1 is 1.19 bits per heavy atom. The van der Waals surface area contributed by atoms with Crippen LogP contribution in [0, 0.1) is 11.6 Å². The molecule has 1 N–H and O–H groups in total. The van der Waals surface area contributed by atoms with E-state index in [0.29, 0.717) is 0 Å². The molecule has 0 unspecified atom stereocenters. The molecule has 0 saturated heterocycles. The Morgan fingerprint density at radius 3 is 2.71 bits per heavy atom. The van der Waals surface area contributed by atoms with Gasteiger partial charge in [0.1, 0.15) is 17.3 Å². The van der Waals surface area contributed by atoms with E-state index in [-0.39, 0.29) is 11.4 Å². The van der Waals surface area contributed by atoms with Crippen molar-refractivity contribution in [1.29, 1.82) is 0 Å². The number of nitrogens with one attached hydrogen (secondary N) is 1. The van der Waals surface area contributed by atoms with Gasteiger partial charge < -0.3 is 10.1 Å². The molecule has 0 atom stereocenters. The number of halogens is 2. The zero-order valence-corrected chi connectivity index (χ0v) is 10.7. The second-order valence-electron chi connectivity index (χ2n) is 3.96. The highest BCUT2D eigenvalue weighted by Gasteiger charge is 2.12. The predicted molar refractivity (Wildman–Crippen MR) is 69.5 cm³/mol. The summed E-state index contributed by atoms with van der Waals surface area (Å²) in [5, 5.41) is 2.11. The van der Waals surface area contributed by atoms with Crippen LogP contribution >= 0.6 is 0 Å². The molecule has 0 aliphatic heterocycles. The summed E-state index contributed by atoms with van der Waals surface area (Å²) in [5.41, 5.74) is -0.281. The van der Waals surface area contributed by atoms with Gasteiger partial charge in [-0.05, 0) is 24.3 Å². The van der Waals surface area contributed by atoms with E-state index in [2.05, 4.69) is 10.3 Å². The average Bonchev–Trinajstić information content (AvgIpc) is 2.49. The molecule has 5 nitrogen and oxygen atoms in total.